The second-order valence-electron chi connectivity index (χ2n) is 4.40. The van der Waals surface area contributed by atoms with Gasteiger partial charge in [-0.3, -0.25) is 19.8 Å². The van der Waals surface area contributed by atoms with Gasteiger partial charge in [-0.05, 0) is 0 Å². The highest BCUT2D eigenvalue weighted by Gasteiger charge is 2.43. The lowest BCUT2D eigenvalue weighted by Gasteiger charge is -2.25. The van der Waals surface area contributed by atoms with E-state index < -0.39 is 41.7 Å². The molecule has 0 saturated carbocycles. The van der Waals surface area contributed by atoms with Gasteiger partial charge >= 0.3 is 11.9 Å². The number of Topliss-reactive ketones (excluding diaryl/α,β-unsaturated/α-hetero) is 1. The van der Waals surface area contributed by atoms with Crippen LogP contribution in [0.2, 0.25) is 0 Å². The van der Waals surface area contributed by atoms with Crippen LogP contribution in [0.5, 0.6) is 0 Å². The molecule has 114 valence electrons. The Morgan fingerprint density at radius 2 is 2.27 bits per heavy atom. The number of carbonyl (C=O) groups is 3. The molecule has 2 heterocycles. The molecular formula is C12H11N5O5. The van der Waals surface area contributed by atoms with Crippen LogP contribution in [0.25, 0.3) is 0 Å². The van der Waals surface area contributed by atoms with Gasteiger partial charge < -0.3 is 9.47 Å². The normalized spacial score (nSPS) is 27.6. The number of esters is 1. The SMILES string of the molecule is CC(=O)OCC1[CH][CH]C(N2N=NC(C(=N)C#N)C(=O)C2=O)O1. The summed E-state index contributed by atoms with van der Waals surface area (Å²) in [5, 5.41) is 23.6. The molecule has 0 aliphatic carbocycles. The molecule has 2 aliphatic heterocycles. The van der Waals surface area contributed by atoms with E-state index in [0.717, 1.165) is 0 Å². The Hall–Kier alpha value is -2.67. The minimum absolute atomic E-state index is 0.0306. The van der Waals surface area contributed by atoms with Gasteiger partial charge in [-0.1, -0.05) is 5.22 Å². The summed E-state index contributed by atoms with van der Waals surface area (Å²) in [5.41, 5.74) is -0.655. The molecule has 1 N–H and O–H groups in total. The maximum absolute atomic E-state index is 11.9. The van der Waals surface area contributed by atoms with Crippen LogP contribution >= 0.6 is 0 Å². The number of amides is 1. The third-order valence-corrected chi connectivity index (χ3v) is 2.82. The van der Waals surface area contributed by atoms with Gasteiger partial charge in [-0.25, -0.2) is 0 Å². The minimum atomic E-state index is -1.50. The summed E-state index contributed by atoms with van der Waals surface area (Å²) in [6.45, 7) is 1.22. The number of hydrogen-bond donors (Lipinski definition) is 1. The number of ether oxygens (including phenoxy) is 2. The predicted octanol–water partition coefficient (Wildman–Crippen LogP) is -0.627. The minimum Gasteiger partial charge on any atom is -0.463 e. The Kier molecular flexibility index (Phi) is 4.57. The van der Waals surface area contributed by atoms with E-state index in [1.165, 1.54) is 19.4 Å². The molecule has 10 nitrogen and oxygen atoms in total. The second kappa shape index (κ2) is 6.40. The maximum Gasteiger partial charge on any atom is 0.316 e. The molecule has 1 amide bonds. The number of nitrogens with one attached hydrogen (secondary N) is 1. The summed E-state index contributed by atoms with van der Waals surface area (Å²) in [7, 11) is 0. The summed E-state index contributed by atoms with van der Waals surface area (Å²) in [4.78, 5) is 34.5. The largest absolute Gasteiger partial charge is 0.463 e. The first-order valence-corrected chi connectivity index (χ1v) is 6.18. The fraction of sp³-hybridized carbons (Fsp3) is 0.417. The third-order valence-electron chi connectivity index (χ3n) is 2.82. The molecule has 2 aliphatic rings. The molecule has 0 aromatic carbocycles. The highest BCUT2D eigenvalue weighted by atomic mass is 16.6. The maximum atomic E-state index is 11.9. The van der Waals surface area contributed by atoms with Crippen LogP contribution < -0.4 is 0 Å². The lowest BCUT2D eigenvalue weighted by Crippen LogP contribution is -2.48. The van der Waals surface area contributed by atoms with Crippen molar-refractivity contribution < 1.29 is 23.9 Å². The van der Waals surface area contributed by atoms with Crippen molar-refractivity contribution in [1.82, 2.24) is 5.01 Å². The van der Waals surface area contributed by atoms with Crippen LogP contribution in [0.4, 0.5) is 0 Å². The molecule has 0 spiro atoms. The molecule has 3 atom stereocenters. The van der Waals surface area contributed by atoms with E-state index in [1.54, 1.807) is 6.42 Å². The molecule has 0 bridgehead atoms. The van der Waals surface area contributed by atoms with Crippen LogP contribution in [0.1, 0.15) is 6.92 Å². The number of nitriles is 1. The zero-order valence-electron chi connectivity index (χ0n) is 11.4. The molecule has 22 heavy (non-hydrogen) atoms. The topological polar surface area (TPSA) is 145 Å². The predicted molar refractivity (Wildman–Crippen MR) is 67.7 cm³/mol. The van der Waals surface area contributed by atoms with Crippen LogP contribution in [0, 0.1) is 29.6 Å². The molecule has 0 aromatic heterocycles. The monoisotopic (exact) mass is 305 g/mol. The van der Waals surface area contributed by atoms with Gasteiger partial charge in [0, 0.05) is 19.8 Å². The summed E-state index contributed by atoms with van der Waals surface area (Å²) in [5.74, 6) is -2.52. The first-order valence-electron chi connectivity index (χ1n) is 6.18. The average Bonchev–Trinajstić information content (AvgIpc) is 2.95. The second-order valence-corrected chi connectivity index (χ2v) is 4.40. The van der Waals surface area contributed by atoms with E-state index in [9.17, 15) is 14.4 Å². The molecule has 1 fully saturated rings. The molecule has 2 radical (unpaired) electrons. The van der Waals surface area contributed by atoms with Crippen LogP contribution in [-0.4, -0.2) is 53.4 Å². The lowest BCUT2D eigenvalue weighted by molar-refractivity contribution is -0.158. The van der Waals surface area contributed by atoms with Crippen molar-refractivity contribution in [3.8, 4) is 6.07 Å². The van der Waals surface area contributed by atoms with Crippen molar-refractivity contribution in [2.45, 2.75) is 25.3 Å². The smallest absolute Gasteiger partial charge is 0.316 e. The van der Waals surface area contributed by atoms with Crippen molar-refractivity contribution in [3.05, 3.63) is 12.8 Å². The third kappa shape index (κ3) is 3.15. The number of ketones is 1. The van der Waals surface area contributed by atoms with Gasteiger partial charge in [0.05, 0.1) is 6.10 Å². The molecule has 0 aromatic rings. The molecule has 1 saturated heterocycles. The van der Waals surface area contributed by atoms with E-state index in [1.807, 2.05) is 0 Å². The van der Waals surface area contributed by atoms with E-state index in [2.05, 4.69) is 10.3 Å². The van der Waals surface area contributed by atoms with Gasteiger partial charge in [0.15, 0.2) is 12.3 Å². The summed E-state index contributed by atoms with van der Waals surface area (Å²) in [6, 6.07) is -0.0551. The fourth-order valence-corrected chi connectivity index (χ4v) is 1.77. The molecule has 10 heteroatoms. The van der Waals surface area contributed by atoms with Crippen molar-refractivity contribution in [1.29, 1.82) is 10.7 Å². The number of nitrogens with zero attached hydrogens (tertiary/aromatic N) is 4. The summed E-state index contributed by atoms with van der Waals surface area (Å²) in [6.07, 6.45) is 1.50. The number of rotatable bonds is 4. The van der Waals surface area contributed by atoms with Crippen molar-refractivity contribution in [2.24, 2.45) is 10.3 Å². The number of carbonyl (C=O) groups excluding carboxylic acids is 3. The first kappa shape index (κ1) is 15.7. The van der Waals surface area contributed by atoms with Crippen molar-refractivity contribution >= 4 is 23.4 Å². The lowest BCUT2D eigenvalue weighted by atomic mass is 10.1. The molecular weight excluding hydrogens is 294 g/mol. The van der Waals surface area contributed by atoms with Gasteiger partial charge in [0.25, 0.3) is 5.78 Å². The van der Waals surface area contributed by atoms with Gasteiger partial charge in [0.1, 0.15) is 18.4 Å². The zero-order valence-corrected chi connectivity index (χ0v) is 11.4. The van der Waals surface area contributed by atoms with Gasteiger partial charge in [-0.15, -0.1) is 0 Å². The number of hydrogen-bond acceptors (Lipinski definition) is 9. The van der Waals surface area contributed by atoms with E-state index in [4.69, 9.17) is 20.1 Å². The summed E-state index contributed by atoms with van der Waals surface area (Å²) >= 11 is 0. The van der Waals surface area contributed by atoms with E-state index in [-0.39, 0.29) is 6.61 Å². The first-order chi connectivity index (χ1) is 10.4. The fourth-order valence-electron chi connectivity index (χ4n) is 1.77. The Morgan fingerprint density at radius 3 is 2.91 bits per heavy atom. The average molecular weight is 305 g/mol. The Labute approximate surface area is 125 Å². The standard InChI is InChI=1S/C12H11N5O5/c1-6(18)21-5-7-2-3-9(22-7)17-12(20)11(19)10(15-16-17)8(14)4-13/h2-3,7,9-10,14H,5H2,1H3. The van der Waals surface area contributed by atoms with Crippen LogP contribution in [0.15, 0.2) is 10.3 Å². The summed E-state index contributed by atoms with van der Waals surface area (Å²) < 4.78 is 10.2. The quantitative estimate of drug-likeness (QED) is 0.416. The van der Waals surface area contributed by atoms with Gasteiger partial charge in [-0.2, -0.15) is 15.4 Å². The van der Waals surface area contributed by atoms with Crippen LogP contribution in [0.3, 0.4) is 0 Å². The Morgan fingerprint density at radius 1 is 1.55 bits per heavy atom. The van der Waals surface area contributed by atoms with Crippen LogP contribution in [-0.2, 0) is 23.9 Å². The highest BCUT2D eigenvalue weighted by molar-refractivity contribution is 6.43. The van der Waals surface area contributed by atoms with Crippen molar-refractivity contribution in [2.75, 3.05) is 6.61 Å². The molecule has 2 rings (SSSR count). The zero-order chi connectivity index (χ0) is 16.3. The molecule has 3 unspecified atom stereocenters. The Balaban J connectivity index is 2.01. The van der Waals surface area contributed by atoms with Crippen molar-refractivity contribution in [3.63, 3.8) is 0 Å². The highest BCUT2D eigenvalue weighted by Crippen LogP contribution is 2.24. The van der Waals surface area contributed by atoms with E-state index in [0.29, 0.717) is 5.01 Å². The van der Waals surface area contributed by atoms with E-state index >= 15 is 0 Å². The van der Waals surface area contributed by atoms with Gasteiger partial charge in [0.2, 0.25) is 0 Å². The Bertz CT molecular complexity index is 595.